The van der Waals surface area contributed by atoms with Crippen LogP contribution in [0, 0.1) is 5.41 Å². The van der Waals surface area contributed by atoms with Crippen LogP contribution in [-0.4, -0.2) is 81.0 Å². The number of ether oxygens (including phenoxy) is 3. The number of amidine groups is 1. The van der Waals surface area contributed by atoms with Crippen LogP contribution >= 0.6 is 0 Å². The molecule has 4 rings (SSSR count). The van der Waals surface area contributed by atoms with Crippen LogP contribution in [0.25, 0.3) is 0 Å². The monoisotopic (exact) mass is 523 g/mol. The largest absolute Gasteiger partial charge is 0.494 e. The number of Topliss-reactive ketones (excluding diaryl/α,β-unsaturated/α-hetero) is 1. The van der Waals surface area contributed by atoms with Gasteiger partial charge in [0.25, 0.3) is 5.91 Å². The molecule has 1 fully saturated rings. The van der Waals surface area contributed by atoms with Crippen LogP contribution in [0.4, 0.5) is 5.69 Å². The third-order valence-electron chi connectivity index (χ3n) is 6.80. The molecule has 2 N–H and O–H groups in total. The van der Waals surface area contributed by atoms with E-state index >= 15 is 0 Å². The van der Waals surface area contributed by atoms with Crippen molar-refractivity contribution in [2.24, 2.45) is 0 Å². The van der Waals surface area contributed by atoms with Crippen molar-refractivity contribution in [2.45, 2.75) is 39.7 Å². The smallest absolute Gasteiger partial charge is 0.273 e. The second kappa shape index (κ2) is 11.0. The van der Waals surface area contributed by atoms with E-state index in [9.17, 15) is 9.59 Å². The number of pyridine rings is 1. The first-order chi connectivity index (χ1) is 18.1. The third kappa shape index (κ3) is 5.31. The number of fused-ring (bicyclic) bond motifs is 1. The fraction of sp³-hybridized carbons (Fsp3) is 0.500. The Bertz CT molecular complexity index is 1250. The molecular formula is C28H37N5O5. The minimum absolute atomic E-state index is 0.00688. The van der Waals surface area contributed by atoms with E-state index in [1.807, 2.05) is 19.1 Å². The van der Waals surface area contributed by atoms with Gasteiger partial charge < -0.3 is 29.3 Å². The zero-order valence-electron chi connectivity index (χ0n) is 23.1. The fourth-order valence-electron chi connectivity index (χ4n) is 4.83. The van der Waals surface area contributed by atoms with E-state index in [4.69, 9.17) is 19.6 Å². The van der Waals surface area contributed by atoms with E-state index in [1.54, 1.807) is 18.1 Å². The Balaban J connectivity index is 1.65. The average molecular weight is 524 g/mol. The molecule has 0 saturated carbocycles. The molecule has 2 aliphatic heterocycles. The number of nitrogens with one attached hydrogen (secondary N) is 2. The molecule has 2 aliphatic rings. The topological polar surface area (TPSA) is 117 Å². The summed E-state index contributed by atoms with van der Waals surface area (Å²) in [6.45, 7) is 11.5. The van der Waals surface area contributed by atoms with E-state index in [2.05, 4.69) is 36.0 Å². The van der Waals surface area contributed by atoms with E-state index in [-0.39, 0.29) is 35.2 Å². The SMILES string of the molecule is CCOc1cc2c(nc1C(=O)NC)C(=N)N(CC(=O)c1cc(N3CCOCC3)c(OC)c(C(C)(C)C)c1)C2. The number of hydrogen-bond acceptors (Lipinski definition) is 8. The summed E-state index contributed by atoms with van der Waals surface area (Å²) in [5.41, 5.74) is 3.41. The van der Waals surface area contributed by atoms with Crippen molar-refractivity contribution in [3.05, 3.63) is 46.3 Å². The Morgan fingerprint density at radius 2 is 1.89 bits per heavy atom. The van der Waals surface area contributed by atoms with E-state index in [0.717, 1.165) is 22.6 Å². The first kappa shape index (κ1) is 27.4. The van der Waals surface area contributed by atoms with Gasteiger partial charge >= 0.3 is 0 Å². The van der Waals surface area contributed by atoms with Gasteiger partial charge in [0.1, 0.15) is 17.3 Å². The summed E-state index contributed by atoms with van der Waals surface area (Å²) in [7, 11) is 3.19. The number of rotatable bonds is 8. The number of anilines is 1. The summed E-state index contributed by atoms with van der Waals surface area (Å²) in [5, 5.41) is 11.3. The summed E-state index contributed by atoms with van der Waals surface area (Å²) in [5.74, 6) is 0.752. The van der Waals surface area contributed by atoms with Gasteiger partial charge in [0, 0.05) is 43.4 Å². The van der Waals surface area contributed by atoms with Crippen LogP contribution in [0.3, 0.4) is 0 Å². The Kier molecular flexibility index (Phi) is 7.91. The lowest BCUT2D eigenvalue weighted by Crippen LogP contribution is -2.37. The predicted molar refractivity (Wildman–Crippen MR) is 145 cm³/mol. The molecule has 0 unspecified atom stereocenters. The molecule has 10 nitrogen and oxygen atoms in total. The van der Waals surface area contributed by atoms with Crippen molar-refractivity contribution >= 4 is 23.2 Å². The van der Waals surface area contributed by atoms with Crippen LogP contribution in [-0.2, 0) is 16.7 Å². The minimum atomic E-state index is -0.387. The maximum atomic E-state index is 13.7. The van der Waals surface area contributed by atoms with E-state index < -0.39 is 0 Å². The maximum absolute atomic E-state index is 13.7. The maximum Gasteiger partial charge on any atom is 0.273 e. The third-order valence-corrected chi connectivity index (χ3v) is 6.80. The van der Waals surface area contributed by atoms with Gasteiger partial charge in [-0.3, -0.25) is 15.0 Å². The molecule has 0 radical (unpaired) electrons. The van der Waals surface area contributed by atoms with Crippen LogP contribution in [0.2, 0.25) is 0 Å². The standard InChI is InChI=1S/C28H37N5O5/c1-7-38-22-14-18-15-33(26(29)23(18)31-24(22)27(35)30-5)16-21(34)17-12-19(28(2,3)4)25(36-6)20(13-17)32-8-10-37-11-9-32/h12-14,29H,7-11,15-16H2,1-6H3,(H,30,35). The molecule has 0 spiro atoms. The molecule has 1 aromatic heterocycles. The predicted octanol–water partition coefficient (Wildman–Crippen LogP) is 3.01. The van der Waals surface area contributed by atoms with Gasteiger partial charge in [-0.05, 0) is 30.5 Å². The number of carbonyl (C=O) groups excluding carboxylic acids is 2. The molecule has 2 aromatic rings. The molecule has 0 aliphatic carbocycles. The van der Waals surface area contributed by atoms with Gasteiger partial charge in [-0.25, -0.2) is 4.98 Å². The molecule has 0 bridgehead atoms. The number of carbonyl (C=O) groups is 2. The molecule has 1 aromatic carbocycles. The second-order valence-electron chi connectivity index (χ2n) is 10.4. The van der Waals surface area contributed by atoms with Crippen LogP contribution in [0.1, 0.15) is 65.4 Å². The molecule has 38 heavy (non-hydrogen) atoms. The molecule has 3 heterocycles. The van der Waals surface area contributed by atoms with Crippen molar-refractivity contribution in [3.63, 3.8) is 0 Å². The molecule has 0 atom stereocenters. The van der Waals surface area contributed by atoms with Crippen molar-refractivity contribution in [3.8, 4) is 11.5 Å². The summed E-state index contributed by atoms with van der Waals surface area (Å²) in [6, 6.07) is 5.55. The minimum Gasteiger partial charge on any atom is -0.494 e. The number of amides is 1. The first-order valence-corrected chi connectivity index (χ1v) is 12.9. The van der Waals surface area contributed by atoms with Crippen molar-refractivity contribution < 1.29 is 23.8 Å². The number of hydrogen-bond donors (Lipinski definition) is 2. The Hall–Kier alpha value is -3.66. The van der Waals surface area contributed by atoms with Gasteiger partial charge in [-0.2, -0.15) is 0 Å². The molecule has 204 valence electrons. The summed E-state index contributed by atoms with van der Waals surface area (Å²) in [4.78, 5) is 34.4. The molecule has 10 heteroatoms. The van der Waals surface area contributed by atoms with Crippen molar-refractivity contribution in [1.82, 2.24) is 15.2 Å². The zero-order chi connectivity index (χ0) is 27.6. The quantitative estimate of drug-likeness (QED) is 0.507. The van der Waals surface area contributed by atoms with Gasteiger partial charge in [0.05, 0.1) is 39.2 Å². The Morgan fingerprint density at radius 1 is 1.18 bits per heavy atom. The lowest BCUT2D eigenvalue weighted by molar-refractivity contribution is 0.0949. The van der Waals surface area contributed by atoms with Crippen LogP contribution in [0.15, 0.2) is 18.2 Å². The Labute approximate surface area is 223 Å². The normalized spacial score (nSPS) is 15.4. The van der Waals surface area contributed by atoms with Crippen LogP contribution < -0.4 is 19.7 Å². The number of methoxy groups -OCH3 is 1. The number of ketones is 1. The van der Waals surface area contributed by atoms with Gasteiger partial charge in [-0.1, -0.05) is 20.8 Å². The summed E-state index contributed by atoms with van der Waals surface area (Å²) >= 11 is 0. The lowest BCUT2D eigenvalue weighted by Gasteiger charge is -2.33. The number of nitrogens with zero attached hydrogens (tertiary/aromatic N) is 3. The van der Waals surface area contributed by atoms with Crippen LogP contribution in [0.5, 0.6) is 11.5 Å². The summed E-state index contributed by atoms with van der Waals surface area (Å²) in [6.07, 6.45) is 0. The lowest BCUT2D eigenvalue weighted by atomic mass is 9.84. The molecule has 1 saturated heterocycles. The van der Waals surface area contributed by atoms with Gasteiger partial charge in [0.15, 0.2) is 17.2 Å². The number of aromatic nitrogens is 1. The van der Waals surface area contributed by atoms with Gasteiger partial charge in [-0.15, -0.1) is 0 Å². The van der Waals surface area contributed by atoms with Gasteiger partial charge in [0.2, 0.25) is 0 Å². The Morgan fingerprint density at radius 3 is 2.50 bits per heavy atom. The number of benzene rings is 1. The first-order valence-electron chi connectivity index (χ1n) is 12.9. The highest BCUT2D eigenvalue weighted by Crippen LogP contribution is 2.40. The van der Waals surface area contributed by atoms with Crippen molar-refractivity contribution in [2.75, 3.05) is 58.5 Å². The van der Waals surface area contributed by atoms with Crippen molar-refractivity contribution in [1.29, 1.82) is 5.41 Å². The fourth-order valence-corrected chi connectivity index (χ4v) is 4.83. The average Bonchev–Trinajstić information content (AvgIpc) is 3.20. The van der Waals surface area contributed by atoms with E-state index in [0.29, 0.717) is 56.5 Å². The summed E-state index contributed by atoms with van der Waals surface area (Å²) < 4.78 is 17.0. The second-order valence-corrected chi connectivity index (χ2v) is 10.4. The highest BCUT2D eigenvalue weighted by Gasteiger charge is 2.32. The molecule has 1 amide bonds. The number of morpholine rings is 1. The highest BCUT2D eigenvalue weighted by molar-refractivity contribution is 6.06. The van der Waals surface area contributed by atoms with E-state index in [1.165, 1.54) is 7.05 Å². The highest BCUT2D eigenvalue weighted by atomic mass is 16.5. The zero-order valence-corrected chi connectivity index (χ0v) is 23.1. The molecular weight excluding hydrogens is 486 g/mol.